The van der Waals surface area contributed by atoms with E-state index in [4.69, 9.17) is 9.47 Å². The van der Waals surface area contributed by atoms with E-state index in [1.54, 1.807) is 48.5 Å². The van der Waals surface area contributed by atoms with Crippen molar-refractivity contribution in [3.05, 3.63) is 94.0 Å². The van der Waals surface area contributed by atoms with Crippen LogP contribution in [0.5, 0.6) is 11.5 Å². The molecule has 152 valence electrons. The maximum atomic E-state index is 12.3. The van der Waals surface area contributed by atoms with Crippen molar-refractivity contribution in [1.29, 1.82) is 0 Å². The largest absolute Gasteiger partial charge is 0.484 e. The highest BCUT2D eigenvalue weighted by Crippen LogP contribution is 2.23. The van der Waals surface area contributed by atoms with Crippen molar-refractivity contribution in [1.82, 2.24) is 5.43 Å². The number of nitrogens with zero attached hydrogens (tertiary/aromatic N) is 1. The van der Waals surface area contributed by atoms with Gasteiger partial charge in [-0.15, -0.1) is 0 Å². The molecule has 0 radical (unpaired) electrons. The number of carbonyl (C=O) groups is 2. The number of amides is 1. The van der Waals surface area contributed by atoms with Crippen molar-refractivity contribution in [3.8, 4) is 11.5 Å². The zero-order valence-electron chi connectivity index (χ0n) is 16.2. The summed E-state index contributed by atoms with van der Waals surface area (Å²) in [6.45, 7) is 1.77. The first-order valence-corrected chi connectivity index (χ1v) is 9.89. The molecule has 0 atom stereocenters. The van der Waals surface area contributed by atoms with Crippen LogP contribution in [0.1, 0.15) is 21.5 Å². The second kappa shape index (κ2) is 10.4. The average molecular weight is 467 g/mol. The molecule has 0 unspecified atom stereocenters. The molecule has 1 N–H and O–H groups in total. The van der Waals surface area contributed by atoms with Crippen LogP contribution in [-0.4, -0.2) is 24.7 Å². The summed E-state index contributed by atoms with van der Waals surface area (Å²) >= 11 is 3.38. The van der Waals surface area contributed by atoms with Gasteiger partial charge >= 0.3 is 5.97 Å². The number of ether oxygens (including phenoxy) is 2. The molecule has 0 aliphatic heterocycles. The molecule has 0 saturated carbocycles. The minimum atomic E-state index is -0.483. The summed E-state index contributed by atoms with van der Waals surface area (Å²) in [5.41, 5.74) is 4.39. The van der Waals surface area contributed by atoms with Gasteiger partial charge in [-0.25, -0.2) is 10.2 Å². The van der Waals surface area contributed by atoms with Crippen LogP contribution >= 0.6 is 15.9 Å². The Morgan fingerprint density at radius 2 is 1.83 bits per heavy atom. The van der Waals surface area contributed by atoms with Gasteiger partial charge in [0.1, 0.15) is 11.5 Å². The quantitative estimate of drug-likeness (QED) is 0.240. The lowest BCUT2D eigenvalue weighted by Gasteiger charge is -2.08. The van der Waals surface area contributed by atoms with Crippen molar-refractivity contribution in [2.45, 2.75) is 6.92 Å². The van der Waals surface area contributed by atoms with Crippen LogP contribution in [-0.2, 0) is 4.79 Å². The highest BCUT2D eigenvalue weighted by Gasteiger charge is 2.11. The standard InChI is InChI=1S/C23H19BrN2O4/c1-16-6-5-9-20(12-16)29-15-22(27)26-25-14-18-13-19(24)10-11-21(18)30-23(28)17-7-3-2-4-8-17/h2-14H,15H2,1H3,(H,26,27)/b25-14-. The van der Waals surface area contributed by atoms with E-state index in [-0.39, 0.29) is 6.61 Å². The lowest BCUT2D eigenvalue weighted by molar-refractivity contribution is -0.123. The fourth-order valence-electron chi connectivity index (χ4n) is 2.51. The number of benzene rings is 3. The number of esters is 1. The molecule has 0 aliphatic rings. The average Bonchev–Trinajstić information content (AvgIpc) is 2.75. The van der Waals surface area contributed by atoms with Crippen LogP contribution in [0.25, 0.3) is 0 Å². The summed E-state index contributed by atoms with van der Waals surface area (Å²) in [6.07, 6.45) is 1.41. The third-order valence-electron chi connectivity index (χ3n) is 3.94. The van der Waals surface area contributed by atoms with Crippen LogP contribution in [0.3, 0.4) is 0 Å². The van der Waals surface area contributed by atoms with Gasteiger partial charge in [0.05, 0.1) is 11.8 Å². The second-order valence-electron chi connectivity index (χ2n) is 6.34. The summed E-state index contributed by atoms with van der Waals surface area (Å²) < 4.78 is 11.7. The predicted molar refractivity (Wildman–Crippen MR) is 118 cm³/mol. The molecule has 0 aromatic heterocycles. The second-order valence-corrected chi connectivity index (χ2v) is 7.25. The van der Waals surface area contributed by atoms with Crippen LogP contribution in [0, 0.1) is 6.92 Å². The van der Waals surface area contributed by atoms with Crippen LogP contribution in [0.2, 0.25) is 0 Å². The minimum absolute atomic E-state index is 0.172. The van der Waals surface area contributed by atoms with E-state index in [0.717, 1.165) is 10.0 Å². The summed E-state index contributed by atoms with van der Waals surface area (Å²) in [4.78, 5) is 24.3. The van der Waals surface area contributed by atoms with Crippen LogP contribution in [0.15, 0.2) is 82.4 Å². The highest BCUT2D eigenvalue weighted by molar-refractivity contribution is 9.10. The predicted octanol–water partition coefficient (Wildman–Crippen LogP) is 4.51. The molecule has 0 spiro atoms. The van der Waals surface area contributed by atoms with E-state index < -0.39 is 11.9 Å². The number of aryl methyl sites for hydroxylation is 1. The fourth-order valence-corrected chi connectivity index (χ4v) is 2.89. The molecule has 0 fully saturated rings. The molecule has 1 amide bonds. The first kappa shape index (κ1) is 21.3. The summed E-state index contributed by atoms with van der Waals surface area (Å²) in [5, 5.41) is 3.94. The van der Waals surface area contributed by atoms with Gasteiger partial charge in [-0.05, 0) is 55.0 Å². The van der Waals surface area contributed by atoms with Crippen molar-refractivity contribution in [2.75, 3.05) is 6.61 Å². The SMILES string of the molecule is Cc1cccc(OCC(=O)N/N=C\c2cc(Br)ccc2OC(=O)c2ccccc2)c1. The number of carbonyl (C=O) groups excluding carboxylic acids is 2. The Balaban J connectivity index is 1.61. The number of hydrogen-bond donors (Lipinski definition) is 1. The van der Waals surface area contributed by atoms with Gasteiger partial charge in [0, 0.05) is 10.0 Å². The molecule has 3 rings (SSSR count). The monoisotopic (exact) mass is 466 g/mol. The summed E-state index contributed by atoms with van der Waals surface area (Å²) in [5.74, 6) is 0.0334. The zero-order valence-corrected chi connectivity index (χ0v) is 17.8. The molecule has 0 bridgehead atoms. The smallest absolute Gasteiger partial charge is 0.343 e. The van der Waals surface area contributed by atoms with Crippen molar-refractivity contribution >= 4 is 34.0 Å². The highest BCUT2D eigenvalue weighted by atomic mass is 79.9. The molecule has 6 nitrogen and oxygen atoms in total. The Kier molecular flexibility index (Phi) is 7.34. The normalized spacial score (nSPS) is 10.6. The Hall–Kier alpha value is -3.45. The van der Waals surface area contributed by atoms with Gasteiger partial charge in [-0.1, -0.05) is 46.3 Å². The van der Waals surface area contributed by atoms with Gasteiger partial charge in [-0.3, -0.25) is 4.79 Å². The Bertz CT molecular complexity index is 1070. The Labute approximate surface area is 182 Å². The van der Waals surface area contributed by atoms with Crippen LogP contribution in [0.4, 0.5) is 0 Å². The number of halogens is 1. The van der Waals surface area contributed by atoms with Gasteiger partial charge in [0.15, 0.2) is 6.61 Å². The first-order chi connectivity index (χ1) is 14.5. The van der Waals surface area contributed by atoms with Crippen molar-refractivity contribution < 1.29 is 19.1 Å². The van der Waals surface area contributed by atoms with Crippen LogP contribution < -0.4 is 14.9 Å². The Morgan fingerprint density at radius 3 is 2.60 bits per heavy atom. The Morgan fingerprint density at radius 1 is 1.03 bits per heavy atom. The van der Waals surface area contributed by atoms with Crippen molar-refractivity contribution in [3.63, 3.8) is 0 Å². The van der Waals surface area contributed by atoms with E-state index in [1.807, 2.05) is 31.2 Å². The molecule has 30 heavy (non-hydrogen) atoms. The minimum Gasteiger partial charge on any atom is -0.484 e. The summed E-state index contributed by atoms with van der Waals surface area (Å²) in [7, 11) is 0. The molecule has 3 aromatic rings. The molecular formula is C23H19BrN2O4. The lowest BCUT2D eigenvalue weighted by Crippen LogP contribution is -2.24. The number of rotatable bonds is 7. The first-order valence-electron chi connectivity index (χ1n) is 9.09. The van der Waals surface area contributed by atoms with Gasteiger partial charge < -0.3 is 9.47 Å². The fraction of sp³-hybridized carbons (Fsp3) is 0.0870. The molecule has 0 aliphatic carbocycles. The number of nitrogens with one attached hydrogen (secondary N) is 1. The van der Waals surface area contributed by atoms with Gasteiger partial charge in [-0.2, -0.15) is 5.10 Å². The molecule has 0 heterocycles. The van der Waals surface area contributed by atoms with E-state index in [9.17, 15) is 9.59 Å². The molecular weight excluding hydrogens is 448 g/mol. The zero-order chi connectivity index (χ0) is 21.3. The third-order valence-corrected chi connectivity index (χ3v) is 4.43. The van der Waals surface area contributed by atoms with E-state index in [1.165, 1.54) is 6.21 Å². The maximum Gasteiger partial charge on any atom is 0.343 e. The molecule has 3 aromatic carbocycles. The number of hydrogen-bond acceptors (Lipinski definition) is 5. The lowest BCUT2D eigenvalue weighted by atomic mass is 10.2. The van der Waals surface area contributed by atoms with Gasteiger partial charge in [0.2, 0.25) is 0 Å². The summed E-state index contributed by atoms with van der Waals surface area (Å²) in [6, 6.07) is 21.2. The third kappa shape index (κ3) is 6.28. The van der Waals surface area contributed by atoms with E-state index >= 15 is 0 Å². The molecule has 0 saturated heterocycles. The van der Waals surface area contributed by atoms with E-state index in [0.29, 0.717) is 22.6 Å². The van der Waals surface area contributed by atoms with Gasteiger partial charge in [0.25, 0.3) is 5.91 Å². The maximum absolute atomic E-state index is 12.3. The topological polar surface area (TPSA) is 77.0 Å². The van der Waals surface area contributed by atoms with E-state index in [2.05, 4.69) is 26.5 Å². The number of hydrazone groups is 1. The molecule has 7 heteroatoms. The van der Waals surface area contributed by atoms with Crippen molar-refractivity contribution in [2.24, 2.45) is 5.10 Å².